The summed E-state index contributed by atoms with van der Waals surface area (Å²) in [5, 5.41) is 9.64. The second kappa shape index (κ2) is 10.0. The van der Waals surface area contributed by atoms with Gasteiger partial charge in [-0.15, -0.1) is 0 Å². The molecule has 2 aliphatic rings. The summed E-state index contributed by atoms with van der Waals surface area (Å²) >= 11 is 3.33. The summed E-state index contributed by atoms with van der Waals surface area (Å²) in [6.07, 6.45) is 4.54. The van der Waals surface area contributed by atoms with E-state index in [1.54, 1.807) is 17.3 Å². The molecule has 2 fully saturated rings. The predicted molar refractivity (Wildman–Crippen MR) is 122 cm³/mol. The zero-order chi connectivity index (χ0) is 21.9. The number of hydrogen-bond acceptors (Lipinski definition) is 4. The molecule has 1 amide bonds. The van der Waals surface area contributed by atoms with Gasteiger partial charge in [-0.25, -0.2) is 12.7 Å². The van der Waals surface area contributed by atoms with E-state index in [-0.39, 0.29) is 23.3 Å². The van der Waals surface area contributed by atoms with Crippen molar-refractivity contribution in [2.24, 2.45) is 17.8 Å². The van der Waals surface area contributed by atoms with Gasteiger partial charge < -0.3 is 10.0 Å². The molecule has 30 heavy (non-hydrogen) atoms. The standard InChI is InChI=1S/C22H33BrN2O4S/c1-3-30(28,29)25-12-8-19(9-13-25)18-6-10-24(11-7-18)22(27)16(2)14-17-4-5-21(26)20(23)15-17/h4-5,15-16,18-19,26H,3,6-14H2,1-2H3/t16-/m1/s1. The van der Waals surface area contributed by atoms with Crippen molar-refractivity contribution < 1.29 is 18.3 Å². The van der Waals surface area contributed by atoms with Gasteiger partial charge in [-0.3, -0.25) is 4.79 Å². The first-order chi connectivity index (χ1) is 14.2. The molecule has 0 unspecified atom stereocenters. The van der Waals surface area contributed by atoms with Crippen LogP contribution in [0.2, 0.25) is 0 Å². The van der Waals surface area contributed by atoms with Gasteiger partial charge in [0, 0.05) is 32.1 Å². The lowest BCUT2D eigenvalue weighted by Crippen LogP contribution is -2.45. The van der Waals surface area contributed by atoms with Crippen molar-refractivity contribution in [3.63, 3.8) is 0 Å². The number of sulfonamides is 1. The largest absolute Gasteiger partial charge is 0.507 e. The molecule has 0 aliphatic carbocycles. The molecule has 1 aromatic carbocycles. The summed E-state index contributed by atoms with van der Waals surface area (Å²) in [4.78, 5) is 14.9. The number of amides is 1. The highest BCUT2D eigenvalue weighted by Crippen LogP contribution is 2.34. The van der Waals surface area contributed by atoms with Gasteiger partial charge in [0.15, 0.2) is 0 Å². The molecule has 1 aromatic rings. The van der Waals surface area contributed by atoms with Crippen LogP contribution in [-0.4, -0.2) is 60.6 Å². The van der Waals surface area contributed by atoms with Crippen molar-refractivity contribution in [1.29, 1.82) is 0 Å². The van der Waals surface area contributed by atoms with Gasteiger partial charge in [0.2, 0.25) is 15.9 Å². The lowest BCUT2D eigenvalue weighted by Gasteiger charge is -2.40. The quantitative estimate of drug-likeness (QED) is 0.646. The first kappa shape index (κ1) is 23.5. The third-order valence-electron chi connectivity index (χ3n) is 6.75. The van der Waals surface area contributed by atoms with Crippen LogP contribution in [0.25, 0.3) is 0 Å². The smallest absolute Gasteiger partial charge is 0.225 e. The molecule has 0 bridgehead atoms. The molecule has 1 atom stereocenters. The van der Waals surface area contributed by atoms with Crippen molar-refractivity contribution in [3.05, 3.63) is 28.2 Å². The lowest BCUT2D eigenvalue weighted by molar-refractivity contribution is -0.136. The van der Waals surface area contributed by atoms with Crippen LogP contribution in [0.15, 0.2) is 22.7 Å². The van der Waals surface area contributed by atoms with Crippen molar-refractivity contribution in [2.45, 2.75) is 46.0 Å². The van der Waals surface area contributed by atoms with Crippen molar-refractivity contribution in [2.75, 3.05) is 31.9 Å². The van der Waals surface area contributed by atoms with Crippen LogP contribution >= 0.6 is 15.9 Å². The van der Waals surface area contributed by atoms with E-state index in [4.69, 9.17) is 0 Å². The summed E-state index contributed by atoms with van der Waals surface area (Å²) in [7, 11) is -3.07. The molecule has 2 saturated heterocycles. The minimum atomic E-state index is -3.07. The van der Waals surface area contributed by atoms with Crippen molar-refractivity contribution in [1.82, 2.24) is 9.21 Å². The highest BCUT2D eigenvalue weighted by molar-refractivity contribution is 9.10. The number of carbonyl (C=O) groups excluding carboxylic acids is 1. The Morgan fingerprint density at radius 2 is 1.70 bits per heavy atom. The summed E-state index contributed by atoms with van der Waals surface area (Å²) in [6.45, 7) is 6.54. The first-order valence-electron chi connectivity index (χ1n) is 10.9. The number of nitrogens with zero attached hydrogens (tertiary/aromatic N) is 2. The highest BCUT2D eigenvalue weighted by atomic mass is 79.9. The molecule has 0 aromatic heterocycles. The molecule has 168 valence electrons. The molecule has 2 aliphatic heterocycles. The molecule has 0 saturated carbocycles. The number of benzene rings is 1. The summed E-state index contributed by atoms with van der Waals surface area (Å²) in [6, 6.07) is 5.39. The fraction of sp³-hybridized carbons (Fsp3) is 0.682. The van der Waals surface area contributed by atoms with E-state index < -0.39 is 10.0 Å². The Morgan fingerprint density at radius 1 is 1.13 bits per heavy atom. The predicted octanol–water partition coefficient (Wildman–Crippen LogP) is 3.63. The number of hydrogen-bond donors (Lipinski definition) is 1. The second-order valence-electron chi connectivity index (χ2n) is 8.69. The number of phenols is 1. The van der Waals surface area contributed by atoms with Crippen LogP contribution in [0.4, 0.5) is 0 Å². The van der Waals surface area contributed by atoms with E-state index >= 15 is 0 Å². The number of phenolic OH excluding ortho intramolecular Hbond substituents is 1. The van der Waals surface area contributed by atoms with E-state index in [0.717, 1.165) is 44.3 Å². The van der Waals surface area contributed by atoms with E-state index in [2.05, 4.69) is 15.9 Å². The van der Waals surface area contributed by atoms with Crippen LogP contribution in [-0.2, 0) is 21.2 Å². The molecule has 8 heteroatoms. The van der Waals surface area contributed by atoms with Crippen LogP contribution in [0, 0.1) is 17.8 Å². The number of aromatic hydroxyl groups is 1. The second-order valence-corrected chi connectivity index (χ2v) is 11.8. The van der Waals surface area contributed by atoms with Gasteiger partial charge >= 0.3 is 0 Å². The number of likely N-dealkylation sites (tertiary alicyclic amines) is 1. The molecule has 6 nitrogen and oxygen atoms in total. The average Bonchev–Trinajstić information content (AvgIpc) is 2.76. The summed E-state index contributed by atoms with van der Waals surface area (Å²) < 4.78 is 26.4. The fourth-order valence-electron chi connectivity index (χ4n) is 4.83. The van der Waals surface area contributed by atoms with Gasteiger partial charge in [-0.05, 0) is 84.5 Å². The Labute approximate surface area is 188 Å². The number of rotatable bonds is 6. The van der Waals surface area contributed by atoms with E-state index in [9.17, 15) is 18.3 Å². The highest BCUT2D eigenvalue weighted by Gasteiger charge is 2.34. The first-order valence-corrected chi connectivity index (χ1v) is 13.4. The molecule has 2 heterocycles. The number of piperidine rings is 2. The van der Waals surface area contributed by atoms with Gasteiger partial charge in [-0.1, -0.05) is 13.0 Å². The van der Waals surface area contributed by atoms with Gasteiger partial charge in [-0.2, -0.15) is 0 Å². The molecule has 3 rings (SSSR count). The Hall–Kier alpha value is -1.12. The Morgan fingerprint density at radius 3 is 2.23 bits per heavy atom. The maximum atomic E-state index is 12.9. The third kappa shape index (κ3) is 5.56. The lowest BCUT2D eigenvalue weighted by atomic mass is 9.79. The van der Waals surface area contributed by atoms with Crippen LogP contribution in [0.3, 0.4) is 0 Å². The average molecular weight is 501 g/mol. The monoisotopic (exact) mass is 500 g/mol. The third-order valence-corrected chi connectivity index (χ3v) is 9.27. The van der Waals surface area contributed by atoms with Crippen LogP contribution in [0.5, 0.6) is 5.75 Å². The van der Waals surface area contributed by atoms with E-state index in [1.807, 2.05) is 24.0 Å². The topological polar surface area (TPSA) is 77.9 Å². The molecule has 0 spiro atoms. The minimum Gasteiger partial charge on any atom is -0.507 e. The number of carbonyl (C=O) groups is 1. The Kier molecular flexibility index (Phi) is 7.85. The maximum absolute atomic E-state index is 12.9. The Bertz CT molecular complexity index is 845. The normalized spacial score (nSPS) is 21.0. The van der Waals surface area contributed by atoms with Gasteiger partial charge in [0.1, 0.15) is 5.75 Å². The minimum absolute atomic E-state index is 0.0968. The molecular weight excluding hydrogens is 468 g/mol. The summed E-state index contributed by atoms with van der Waals surface area (Å²) in [5.41, 5.74) is 1.03. The maximum Gasteiger partial charge on any atom is 0.225 e. The molecular formula is C22H33BrN2O4S. The van der Waals surface area contributed by atoms with Crippen LogP contribution in [0.1, 0.15) is 45.1 Å². The van der Waals surface area contributed by atoms with Crippen molar-refractivity contribution >= 4 is 31.9 Å². The SMILES string of the molecule is CCS(=O)(=O)N1CCC(C2CCN(C(=O)[C@H](C)Cc3ccc(O)c(Br)c3)CC2)CC1. The van der Waals surface area contributed by atoms with Crippen molar-refractivity contribution in [3.8, 4) is 5.75 Å². The summed E-state index contributed by atoms with van der Waals surface area (Å²) in [5.74, 6) is 1.64. The van der Waals surface area contributed by atoms with Crippen LogP contribution < -0.4 is 0 Å². The fourth-order valence-corrected chi connectivity index (χ4v) is 6.39. The number of halogens is 1. The zero-order valence-corrected chi connectivity index (χ0v) is 20.3. The molecule has 1 N–H and O–H groups in total. The van der Waals surface area contributed by atoms with Gasteiger partial charge in [0.05, 0.1) is 10.2 Å². The van der Waals surface area contributed by atoms with E-state index in [0.29, 0.717) is 35.8 Å². The van der Waals surface area contributed by atoms with E-state index in [1.165, 1.54) is 0 Å². The molecule has 0 radical (unpaired) electrons. The zero-order valence-electron chi connectivity index (χ0n) is 17.9. The Balaban J connectivity index is 1.47. The van der Waals surface area contributed by atoms with Gasteiger partial charge in [0.25, 0.3) is 0 Å².